The third-order valence-electron chi connectivity index (χ3n) is 0. The summed E-state index contributed by atoms with van der Waals surface area (Å²) in [6.45, 7) is 0. The molecule has 58 valence electrons. The molecule has 9 heavy (non-hydrogen) atoms. The Morgan fingerprint density at radius 3 is 0.333 bits per heavy atom. The van der Waals surface area contributed by atoms with Gasteiger partial charge in [0.2, 0.25) is 0 Å². The average Bonchev–Trinajstić information content (AvgIpc) is 0. The van der Waals surface area contributed by atoms with Gasteiger partial charge in [0.1, 0.15) is 0 Å². The predicted octanol–water partition coefficient (Wildman–Crippen LogP) is -0.604. The molecule has 0 amide bonds. The zero-order valence-electron chi connectivity index (χ0n) is 3.80. The maximum absolute atomic E-state index is 0. The van der Waals surface area contributed by atoms with Gasteiger partial charge in [0.05, 0.1) is 0 Å². The maximum Gasteiger partial charge on any atom is 3.00 e. The van der Waals surface area contributed by atoms with Gasteiger partial charge in [0.25, 0.3) is 0 Å². The molecule has 9 heteroatoms. The van der Waals surface area contributed by atoms with Crippen LogP contribution in [0.15, 0.2) is 0 Å². The Morgan fingerprint density at radius 1 is 0.333 bits per heavy atom. The summed E-state index contributed by atoms with van der Waals surface area (Å²) in [5.74, 6) is 0. The maximum atomic E-state index is 0. The third kappa shape index (κ3) is 117. The van der Waals surface area contributed by atoms with Crippen molar-refractivity contribution in [2.75, 3.05) is 0 Å². The number of hydrogen-bond acceptors (Lipinski definition) is 0. The molecule has 0 aromatic carbocycles. The second-order valence-electron chi connectivity index (χ2n) is 0. The smallest absolute Gasteiger partial charge is 2.00 e. The van der Waals surface area contributed by atoms with E-state index in [9.17, 15) is 0 Å². The van der Waals surface area contributed by atoms with Gasteiger partial charge in [0, 0.05) is 0 Å². The van der Waals surface area contributed by atoms with E-state index < -0.39 is 0 Å². The summed E-state index contributed by atoms with van der Waals surface area (Å²) in [6, 6.07) is 0. The van der Waals surface area contributed by atoms with Crippen molar-refractivity contribution < 1.29 is 113 Å². The molecule has 0 fully saturated rings. The Labute approximate surface area is 112 Å². The van der Waals surface area contributed by atoms with Crippen LogP contribution in [0.3, 0.4) is 0 Å². The van der Waals surface area contributed by atoms with Crippen LogP contribution in [0.5, 0.6) is 0 Å². The third-order valence-corrected chi connectivity index (χ3v) is 0. The van der Waals surface area contributed by atoms with Crippen molar-refractivity contribution in [2.45, 2.75) is 0 Å². The van der Waals surface area contributed by atoms with Crippen molar-refractivity contribution in [3.8, 4) is 0 Å². The molecule has 0 aliphatic carbocycles. The molecule has 0 rings (SSSR count). The summed E-state index contributed by atoms with van der Waals surface area (Å²) in [6.07, 6.45) is 0. The van der Waals surface area contributed by atoms with Gasteiger partial charge in [-0.15, -0.1) is 0 Å². The first-order valence-electron chi connectivity index (χ1n) is 0. The van der Waals surface area contributed by atoms with E-state index in [1.807, 2.05) is 0 Å². The standard InChI is InChI=1S/2Cu.5O.2Sc/q2*+2;5*-2;2*+3. The zero-order chi connectivity index (χ0) is 0. The SMILES string of the molecule is [Cu+2].[Cu+2].[O-2].[O-2].[O-2].[O-2].[O-2].[Sc+3].[Sc+3]. The first-order valence-corrected chi connectivity index (χ1v) is 0. The fourth-order valence-corrected chi connectivity index (χ4v) is 0. The number of rotatable bonds is 0. The van der Waals surface area contributed by atoms with Gasteiger partial charge in [0.15, 0.2) is 0 Å². The van der Waals surface area contributed by atoms with Gasteiger partial charge in [-0.05, 0) is 0 Å². The van der Waals surface area contributed by atoms with Crippen LogP contribution in [0.2, 0.25) is 0 Å². The molecule has 5 nitrogen and oxygen atoms in total. The van der Waals surface area contributed by atoms with Crippen LogP contribution < -0.4 is 0 Å². The second kappa shape index (κ2) is 146. The summed E-state index contributed by atoms with van der Waals surface area (Å²) >= 11 is 0. The molecule has 2 radical (unpaired) electrons. The Morgan fingerprint density at radius 2 is 0.333 bits per heavy atom. The van der Waals surface area contributed by atoms with E-state index in [0.717, 1.165) is 0 Å². The molecule has 0 aromatic rings. The minimum Gasteiger partial charge on any atom is -2.00 e. The summed E-state index contributed by atoms with van der Waals surface area (Å²) < 4.78 is 0. The van der Waals surface area contributed by atoms with E-state index in [2.05, 4.69) is 0 Å². The quantitative estimate of drug-likeness (QED) is 0.526. The summed E-state index contributed by atoms with van der Waals surface area (Å²) in [5.41, 5.74) is 0. The fourth-order valence-electron chi connectivity index (χ4n) is 0. The van der Waals surface area contributed by atoms with E-state index in [0.29, 0.717) is 0 Å². The van der Waals surface area contributed by atoms with E-state index in [1.54, 1.807) is 0 Å². The van der Waals surface area contributed by atoms with Crippen molar-refractivity contribution in [3.63, 3.8) is 0 Å². The molecule has 0 aliphatic rings. The van der Waals surface area contributed by atoms with E-state index >= 15 is 0 Å². The molecule has 0 unspecified atom stereocenters. The molecule has 0 heterocycles. The molecular weight excluding hydrogens is 297 g/mol. The van der Waals surface area contributed by atoms with Gasteiger partial charge in [-0.2, -0.15) is 0 Å². The van der Waals surface area contributed by atoms with Crippen molar-refractivity contribution in [2.24, 2.45) is 0 Å². The molecule has 0 bridgehead atoms. The Hall–Kier alpha value is 2.58. The van der Waals surface area contributed by atoms with Crippen LogP contribution >= 0.6 is 0 Å². The zero-order valence-corrected chi connectivity index (χ0v) is 9.29. The average molecular weight is 297 g/mol. The van der Waals surface area contributed by atoms with Crippen LogP contribution in [0.1, 0.15) is 0 Å². The Balaban J connectivity index is 0. The largest absolute Gasteiger partial charge is 3.00 e. The topological polar surface area (TPSA) is 142 Å². The minimum absolute atomic E-state index is 0. The van der Waals surface area contributed by atoms with Crippen LogP contribution in [0, 0.1) is 0 Å². The minimum atomic E-state index is 0. The molecule has 0 saturated heterocycles. The number of hydrogen-bond donors (Lipinski definition) is 0. The van der Waals surface area contributed by atoms with Gasteiger partial charge in [-0.1, -0.05) is 0 Å². The Kier molecular flexibility index (Phi) is 3160. The van der Waals surface area contributed by atoms with Crippen LogP contribution in [-0.2, 0) is 113 Å². The summed E-state index contributed by atoms with van der Waals surface area (Å²) in [7, 11) is 0. The monoisotopic (exact) mass is 296 g/mol. The summed E-state index contributed by atoms with van der Waals surface area (Å²) in [5, 5.41) is 0. The molecule has 0 aromatic heterocycles. The first-order chi connectivity index (χ1) is 0. The fraction of sp³-hybridized carbons (Fsp3) is 0. The predicted molar refractivity (Wildman–Crippen MR) is 3.43 cm³/mol. The molecule has 0 aliphatic heterocycles. The molecular formula is Cu2O5Sc2. The van der Waals surface area contributed by atoms with E-state index in [4.69, 9.17) is 0 Å². The molecule has 0 saturated carbocycles. The van der Waals surface area contributed by atoms with Gasteiger partial charge in [-0.25, -0.2) is 0 Å². The van der Waals surface area contributed by atoms with E-state index in [-0.39, 0.29) is 113 Å². The normalized spacial score (nSPS) is 0. The van der Waals surface area contributed by atoms with Crippen molar-refractivity contribution in [1.29, 1.82) is 0 Å². The molecule has 0 atom stereocenters. The van der Waals surface area contributed by atoms with Crippen LogP contribution in [-0.4, -0.2) is 0 Å². The molecule has 0 N–H and O–H groups in total. The van der Waals surface area contributed by atoms with Crippen LogP contribution in [0.25, 0.3) is 0 Å². The van der Waals surface area contributed by atoms with Crippen molar-refractivity contribution >= 4 is 0 Å². The molecule has 0 spiro atoms. The van der Waals surface area contributed by atoms with Gasteiger partial charge >= 0.3 is 85.8 Å². The van der Waals surface area contributed by atoms with Crippen LogP contribution in [0.4, 0.5) is 0 Å². The van der Waals surface area contributed by atoms with Gasteiger partial charge in [-0.3, -0.25) is 0 Å². The van der Waals surface area contributed by atoms with E-state index in [1.165, 1.54) is 0 Å². The van der Waals surface area contributed by atoms with Gasteiger partial charge < -0.3 is 27.4 Å². The Bertz CT molecular complexity index is 12.9. The van der Waals surface area contributed by atoms with Crippen molar-refractivity contribution in [3.05, 3.63) is 0 Å². The summed E-state index contributed by atoms with van der Waals surface area (Å²) in [4.78, 5) is 0. The first kappa shape index (κ1) is 195. The second-order valence-corrected chi connectivity index (χ2v) is 0. The van der Waals surface area contributed by atoms with Crippen molar-refractivity contribution in [1.82, 2.24) is 0 Å².